The summed E-state index contributed by atoms with van der Waals surface area (Å²) in [5.41, 5.74) is 0.259. The molecule has 1 saturated heterocycles. The average Bonchev–Trinajstić information content (AvgIpc) is 2.58. The fraction of sp³-hybridized carbons (Fsp3) is 0.286. The Morgan fingerprint density at radius 1 is 1.24 bits per heavy atom. The summed E-state index contributed by atoms with van der Waals surface area (Å²) in [5.74, 6) is -4.18. The highest BCUT2D eigenvalue weighted by Gasteiger charge is 2.37. The first-order valence-corrected chi connectivity index (χ1v) is 6.12. The number of carbonyl (C=O) groups excluding carboxylic acids is 2. The summed E-state index contributed by atoms with van der Waals surface area (Å²) in [6.45, 7) is 2.97. The summed E-state index contributed by atoms with van der Waals surface area (Å²) < 4.78 is 35.9. The van der Waals surface area contributed by atoms with Gasteiger partial charge in [-0.3, -0.25) is 4.79 Å². The third-order valence-electron chi connectivity index (χ3n) is 2.55. The quantitative estimate of drug-likeness (QED) is 0.682. The van der Waals surface area contributed by atoms with E-state index in [4.69, 9.17) is 9.47 Å². The number of nitrogens with one attached hydrogen (secondary N) is 1. The Morgan fingerprint density at radius 2 is 1.86 bits per heavy atom. The van der Waals surface area contributed by atoms with Crippen LogP contribution in [0.4, 0.5) is 8.78 Å². The van der Waals surface area contributed by atoms with E-state index in [1.54, 1.807) is 0 Å². The van der Waals surface area contributed by atoms with E-state index in [-0.39, 0.29) is 17.9 Å². The summed E-state index contributed by atoms with van der Waals surface area (Å²) in [6, 6.07) is 2.93. The molecule has 0 spiro atoms. The van der Waals surface area contributed by atoms with Crippen LogP contribution in [-0.4, -0.2) is 17.7 Å². The molecule has 0 saturated carbocycles. The molecule has 1 amide bonds. The maximum atomic E-state index is 13.0. The van der Waals surface area contributed by atoms with Crippen molar-refractivity contribution >= 4 is 11.9 Å². The summed E-state index contributed by atoms with van der Waals surface area (Å²) in [7, 11) is 0. The highest BCUT2D eigenvalue weighted by Crippen LogP contribution is 2.25. The largest absolute Gasteiger partial charge is 0.445 e. The topological polar surface area (TPSA) is 64.6 Å². The molecule has 21 heavy (non-hydrogen) atoms. The van der Waals surface area contributed by atoms with Gasteiger partial charge >= 0.3 is 5.97 Å². The first kappa shape index (κ1) is 15.0. The molecule has 0 aliphatic carbocycles. The first-order chi connectivity index (χ1) is 9.75. The van der Waals surface area contributed by atoms with Gasteiger partial charge in [0.05, 0.1) is 6.08 Å². The first-order valence-electron chi connectivity index (χ1n) is 6.12. The zero-order chi connectivity index (χ0) is 15.6. The van der Waals surface area contributed by atoms with Crippen molar-refractivity contribution in [3.63, 3.8) is 0 Å². The molecular weight excluding hydrogens is 284 g/mol. The molecule has 0 aromatic heterocycles. The maximum absolute atomic E-state index is 13.0. The van der Waals surface area contributed by atoms with E-state index >= 15 is 0 Å². The minimum Gasteiger partial charge on any atom is -0.445 e. The van der Waals surface area contributed by atoms with Gasteiger partial charge in [0, 0.05) is 26.5 Å². The van der Waals surface area contributed by atoms with Crippen molar-refractivity contribution in [1.29, 1.82) is 0 Å². The van der Waals surface area contributed by atoms with Gasteiger partial charge in [0.2, 0.25) is 17.5 Å². The number of hydrogen-bond donors (Lipinski definition) is 1. The molecule has 0 unspecified atom stereocenters. The molecule has 1 aliphatic rings. The molecule has 1 heterocycles. The van der Waals surface area contributed by atoms with Gasteiger partial charge < -0.3 is 14.8 Å². The van der Waals surface area contributed by atoms with E-state index in [0.717, 1.165) is 24.3 Å². The summed E-state index contributed by atoms with van der Waals surface area (Å²) in [6.07, 6.45) is 0.937. The van der Waals surface area contributed by atoms with Crippen LogP contribution in [0.25, 0.3) is 0 Å². The molecule has 0 bridgehead atoms. The van der Waals surface area contributed by atoms with E-state index in [2.05, 4.69) is 5.32 Å². The second kappa shape index (κ2) is 5.51. The molecule has 1 aromatic carbocycles. The minimum atomic E-state index is -1.12. The van der Waals surface area contributed by atoms with Crippen molar-refractivity contribution in [3.8, 4) is 0 Å². The molecule has 0 atom stereocenters. The highest BCUT2D eigenvalue weighted by molar-refractivity contribution is 5.97. The van der Waals surface area contributed by atoms with E-state index in [1.807, 2.05) is 0 Å². The van der Waals surface area contributed by atoms with Crippen LogP contribution in [0.5, 0.6) is 0 Å². The second-order valence-corrected chi connectivity index (χ2v) is 4.90. The Morgan fingerprint density at radius 3 is 2.38 bits per heavy atom. The van der Waals surface area contributed by atoms with Crippen molar-refractivity contribution in [2.24, 2.45) is 0 Å². The van der Waals surface area contributed by atoms with Crippen LogP contribution in [0.1, 0.15) is 19.4 Å². The monoisotopic (exact) mass is 297 g/mol. The Kier molecular flexibility index (Phi) is 3.93. The SMILES string of the molecule is CC1(C)OC(=O)/C(=C/C(=O)NCc2cc(F)cc(F)c2)O1. The fourth-order valence-electron chi connectivity index (χ4n) is 1.76. The Balaban J connectivity index is 1.98. The van der Waals surface area contributed by atoms with Crippen molar-refractivity contribution < 1.29 is 27.8 Å². The molecule has 1 fully saturated rings. The van der Waals surface area contributed by atoms with E-state index < -0.39 is 29.3 Å². The number of carbonyl (C=O) groups is 2. The number of rotatable bonds is 3. The highest BCUT2D eigenvalue weighted by atomic mass is 19.1. The molecule has 2 rings (SSSR count). The molecule has 7 heteroatoms. The molecular formula is C14H13F2NO4. The zero-order valence-electron chi connectivity index (χ0n) is 11.4. The van der Waals surface area contributed by atoms with Gasteiger partial charge in [-0.05, 0) is 17.7 Å². The average molecular weight is 297 g/mol. The third-order valence-corrected chi connectivity index (χ3v) is 2.55. The van der Waals surface area contributed by atoms with Crippen molar-refractivity contribution in [1.82, 2.24) is 5.32 Å². The Hall–Kier alpha value is -2.44. The van der Waals surface area contributed by atoms with Crippen LogP contribution in [0.2, 0.25) is 0 Å². The molecule has 1 N–H and O–H groups in total. The van der Waals surface area contributed by atoms with Crippen LogP contribution < -0.4 is 5.32 Å². The van der Waals surface area contributed by atoms with E-state index in [0.29, 0.717) is 0 Å². The van der Waals surface area contributed by atoms with Gasteiger partial charge in [0.1, 0.15) is 11.6 Å². The lowest BCUT2D eigenvalue weighted by atomic mass is 10.2. The number of hydrogen-bond acceptors (Lipinski definition) is 4. The smallest absolute Gasteiger partial charge is 0.377 e. The number of cyclic esters (lactones) is 1. The lowest BCUT2D eigenvalue weighted by Gasteiger charge is -2.13. The number of amides is 1. The molecule has 5 nitrogen and oxygen atoms in total. The van der Waals surface area contributed by atoms with Gasteiger partial charge in [-0.1, -0.05) is 0 Å². The van der Waals surface area contributed by atoms with Crippen LogP contribution in [0.15, 0.2) is 30.0 Å². The van der Waals surface area contributed by atoms with Crippen LogP contribution >= 0.6 is 0 Å². The Bertz CT molecular complexity index is 605. The van der Waals surface area contributed by atoms with Crippen LogP contribution in [0, 0.1) is 11.6 Å². The standard InChI is InChI=1S/C14H13F2NO4/c1-14(2)20-11(13(19)21-14)6-12(18)17-7-8-3-9(15)5-10(16)4-8/h3-6H,7H2,1-2H3,(H,17,18)/b11-6-. The van der Waals surface area contributed by atoms with Crippen LogP contribution in [0.3, 0.4) is 0 Å². The lowest BCUT2D eigenvalue weighted by Crippen LogP contribution is -2.22. The third kappa shape index (κ3) is 4.01. The summed E-state index contributed by atoms with van der Waals surface area (Å²) in [5, 5.41) is 2.39. The molecule has 112 valence electrons. The predicted octanol–water partition coefficient (Wildman–Crippen LogP) is 1.77. The van der Waals surface area contributed by atoms with Crippen LogP contribution in [-0.2, 0) is 25.6 Å². The minimum absolute atomic E-state index is 0.0876. The van der Waals surface area contributed by atoms with E-state index in [9.17, 15) is 18.4 Å². The summed E-state index contributed by atoms with van der Waals surface area (Å²) >= 11 is 0. The van der Waals surface area contributed by atoms with Gasteiger partial charge in [-0.15, -0.1) is 0 Å². The second-order valence-electron chi connectivity index (χ2n) is 4.90. The van der Waals surface area contributed by atoms with Gasteiger partial charge in [-0.25, -0.2) is 13.6 Å². The molecule has 0 radical (unpaired) electrons. The van der Waals surface area contributed by atoms with Crippen molar-refractivity contribution in [3.05, 3.63) is 47.2 Å². The zero-order valence-corrected chi connectivity index (χ0v) is 11.4. The number of esters is 1. The van der Waals surface area contributed by atoms with Gasteiger partial charge in [0.15, 0.2) is 0 Å². The lowest BCUT2D eigenvalue weighted by molar-refractivity contribution is -0.159. The number of benzene rings is 1. The Labute approximate surface area is 119 Å². The fourth-order valence-corrected chi connectivity index (χ4v) is 1.76. The number of ether oxygens (including phenoxy) is 2. The van der Waals surface area contributed by atoms with Gasteiger partial charge in [0.25, 0.3) is 0 Å². The summed E-state index contributed by atoms with van der Waals surface area (Å²) in [4.78, 5) is 23.0. The molecule has 1 aromatic rings. The number of halogens is 2. The predicted molar refractivity (Wildman–Crippen MR) is 67.5 cm³/mol. The van der Waals surface area contributed by atoms with E-state index in [1.165, 1.54) is 13.8 Å². The van der Waals surface area contributed by atoms with Crippen molar-refractivity contribution in [2.75, 3.05) is 0 Å². The van der Waals surface area contributed by atoms with Crippen molar-refractivity contribution in [2.45, 2.75) is 26.2 Å². The van der Waals surface area contributed by atoms with Gasteiger partial charge in [-0.2, -0.15) is 0 Å². The maximum Gasteiger partial charge on any atom is 0.377 e. The normalized spacial score (nSPS) is 18.3. The molecule has 1 aliphatic heterocycles.